The first-order valence-corrected chi connectivity index (χ1v) is 6.30. The van der Waals surface area contributed by atoms with Gasteiger partial charge in [-0.3, -0.25) is 0 Å². The number of halogens is 1. The van der Waals surface area contributed by atoms with Gasteiger partial charge in [0.05, 0.1) is 5.69 Å². The predicted molar refractivity (Wildman–Crippen MR) is 75.3 cm³/mol. The van der Waals surface area contributed by atoms with E-state index >= 15 is 0 Å². The quantitative estimate of drug-likeness (QED) is 0.789. The molecule has 102 valence electrons. The Morgan fingerprint density at radius 2 is 1.95 bits per heavy atom. The van der Waals surface area contributed by atoms with Crippen LogP contribution in [0.2, 0.25) is 0 Å². The lowest BCUT2D eigenvalue weighted by atomic mass is 10.2. The van der Waals surface area contributed by atoms with Crippen molar-refractivity contribution < 1.29 is 14.2 Å². The summed E-state index contributed by atoms with van der Waals surface area (Å²) >= 11 is 0. The third kappa shape index (κ3) is 2.20. The Kier molecular flexibility index (Phi) is 3.06. The Bertz CT molecular complexity index is 764. The summed E-state index contributed by atoms with van der Waals surface area (Å²) < 4.78 is 21.0. The number of para-hydroxylation sites is 1. The molecule has 0 fully saturated rings. The van der Waals surface area contributed by atoms with Crippen LogP contribution >= 0.6 is 0 Å². The fourth-order valence-corrected chi connectivity index (χ4v) is 2.25. The minimum absolute atomic E-state index is 0.227. The second-order valence-corrected chi connectivity index (χ2v) is 4.66. The zero-order chi connectivity index (χ0) is 14.1. The summed E-state index contributed by atoms with van der Waals surface area (Å²) in [5.41, 5.74) is 1.91. The van der Waals surface area contributed by atoms with Crippen molar-refractivity contribution in [1.29, 1.82) is 0 Å². The summed E-state index contributed by atoms with van der Waals surface area (Å²) in [4.78, 5) is 0. The van der Waals surface area contributed by atoms with E-state index in [-0.39, 0.29) is 23.9 Å². The second-order valence-electron chi connectivity index (χ2n) is 4.66. The molecule has 3 aromatic rings. The molecular formula is C16H14FNO2. The van der Waals surface area contributed by atoms with Crippen LogP contribution in [0.5, 0.6) is 11.5 Å². The molecule has 1 N–H and O–H groups in total. The minimum Gasteiger partial charge on any atom is -0.508 e. The molecule has 0 radical (unpaired) electrons. The number of aromatic hydroxyl groups is 1. The molecule has 1 aromatic heterocycles. The molecule has 0 spiro atoms. The number of phenolic OH excluding ortho intramolecular Hbond substituents is 1. The van der Waals surface area contributed by atoms with Crippen LogP contribution < -0.4 is 4.74 Å². The summed E-state index contributed by atoms with van der Waals surface area (Å²) in [6.07, 6.45) is 0. The number of hydrogen-bond donors (Lipinski definition) is 1. The fourth-order valence-electron chi connectivity index (χ4n) is 2.25. The van der Waals surface area contributed by atoms with Gasteiger partial charge in [-0.1, -0.05) is 12.1 Å². The highest BCUT2D eigenvalue weighted by Gasteiger charge is 2.08. The van der Waals surface area contributed by atoms with Crippen molar-refractivity contribution in [3.8, 4) is 11.5 Å². The van der Waals surface area contributed by atoms with Crippen LogP contribution in [0.1, 0.15) is 5.69 Å². The van der Waals surface area contributed by atoms with Crippen molar-refractivity contribution in [2.24, 2.45) is 7.05 Å². The first kappa shape index (κ1) is 12.5. The third-order valence-corrected chi connectivity index (χ3v) is 3.34. The Hall–Kier alpha value is -2.49. The molecule has 3 nitrogen and oxygen atoms in total. The minimum atomic E-state index is -0.371. The zero-order valence-electron chi connectivity index (χ0n) is 11.0. The van der Waals surface area contributed by atoms with Crippen LogP contribution in [0.4, 0.5) is 4.39 Å². The van der Waals surface area contributed by atoms with E-state index in [0.717, 1.165) is 16.6 Å². The van der Waals surface area contributed by atoms with Gasteiger partial charge in [0.15, 0.2) is 11.6 Å². The lowest BCUT2D eigenvalue weighted by Crippen LogP contribution is -2.02. The number of nitrogens with zero attached hydrogens (tertiary/aromatic N) is 1. The Morgan fingerprint density at radius 3 is 2.75 bits per heavy atom. The molecule has 0 aliphatic rings. The third-order valence-electron chi connectivity index (χ3n) is 3.34. The highest BCUT2D eigenvalue weighted by Crippen LogP contribution is 2.24. The molecule has 0 aliphatic carbocycles. The molecule has 0 unspecified atom stereocenters. The number of benzene rings is 2. The van der Waals surface area contributed by atoms with E-state index in [0.29, 0.717) is 0 Å². The van der Waals surface area contributed by atoms with E-state index in [4.69, 9.17) is 4.74 Å². The Balaban J connectivity index is 1.88. The molecular weight excluding hydrogens is 257 g/mol. The Labute approximate surface area is 115 Å². The van der Waals surface area contributed by atoms with Gasteiger partial charge in [0.2, 0.25) is 0 Å². The lowest BCUT2D eigenvalue weighted by molar-refractivity contribution is 0.283. The van der Waals surface area contributed by atoms with Crippen LogP contribution in [0, 0.1) is 5.82 Å². The SMILES string of the molecule is Cn1c(COc2ccccc2F)cc2cc(O)ccc21. The largest absolute Gasteiger partial charge is 0.508 e. The maximum atomic E-state index is 13.5. The molecule has 0 aliphatic heterocycles. The van der Waals surface area contributed by atoms with E-state index < -0.39 is 0 Å². The van der Waals surface area contributed by atoms with E-state index in [9.17, 15) is 9.50 Å². The smallest absolute Gasteiger partial charge is 0.165 e. The highest BCUT2D eigenvalue weighted by molar-refractivity contribution is 5.82. The molecule has 0 saturated heterocycles. The van der Waals surface area contributed by atoms with E-state index in [1.807, 2.05) is 23.7 Å². The molecule has 0 atom stereocenters. The van der Waals surface area contributed by atoms with Crippen molar-refractivity contribution in [1.82, 2.24) is 4.57 Å². The summed E-state index contributed by atoms with van der Waals surface area (Å²) in [6, 6.07) is 13.4. The molecule has 1 heterocycles. The number of phenols is 1. The number of rotatable bonds is 3. The lowest BCUT2D eigenvalue weighted by Gasteiger charge is -2.08. The molecule has 4 heteroatoms. The Morgan fingerprint density at radius 1 is 1.15 bits per heavy atom. The topological polar surface area (TPSA) is 34.4 Å². The van der Waals surface area contributed by atoms with Crippen LogP contribution in [0.3, 0.4) is 0 Å². The normalized spacial score (nSPS) is 10.9. The molecule has 20 heavy (non-hydrogen) atoms. The molecule has 0 amide bonds. The second kappa shape index (κ2) is 4.89. The van der Waals surface area contributed by atoms with Crippen molar-refractivity contribution in [3.05, 3.63) is 60.0 Å². The van der Waals surface area contributed by atoms with Crippen LogP contribution in [-0.4, -0.2) is 9.67 Å². The van der Waals surface area contributed by atoms with Gasteiger partial charge in [-0.25, -0.2) is 4.39 Å². The van der Waals surface area contributed by atoms with E-state index in [1.165, 1.54) is 6.07 Å². The number of aromatic nitrogens is 1. The van der Waals surface area contributed by atoms with Crippen molar-refractivity contribution >= 4 is 10.9 Å². The van der Waals surface area contributed by atoms with Gasteiger partial charge >= 0.3 is 0 Å². The van der Waals surface area contributed by atoms with Gasteiger partial charge in [0, 0.05) is 18.0 Å². The van der Waals surface area contributed by atoms with Gasteiger partial charge < -0.3 is 14.4 Å². The highest BCUT2D eigenvalue weighted by atomic mass is 19.1. The first-order valence-electron chi connectivity index (χ1n) is 6.30. The van der Waals surface area contributed by atoms with Crippen molar-refractivity contribution in [3.63, 3.8) is 0 Å². The average molecular weight is 271 g/mol. The average Bonchev–Trinajstić information content (AvgIpc) is 2.74. The van der Waals surface area contributed by atoms with Gasteiger partial charge in [0.25, 0.3) is 0 Å². The van der Waals surface area contributed by atoms with Crippen molar-refractivity contribution in [2.75, 3.05) is 0 Å². The summed E-state index contributed by atoms with van der Waals surface area (Å²) in [6.45, 7) is 0.271. The molecule has 2 aromatic carbocycles. The maximum Gasteiger partial charge on any atom is 0.165 e. The van der Waals surface area contributed by atoms with Crippen molar-refractivity contribution in [2.45, 2.75) is 6.61 Å². The van der Waals surface area contributed by atoms with Crippen LogP contribution in [0.25, 0.3) is 10.9 Å². The number of hydrogen-bond acceptors (Lipinski definition) is 2. The van der Waals surface area contributed by atoms with Gasteiger partial charge in [-0.05, 0) is 36.4 Å². The van der Waals surface area contributed by atoms with Gasteiger partial charge in [0.1, 0.15) is 12.4 Å². The zero-order valence-corrected chi connectivity index (χ0v) is 11.0. The summed E-state index contributed by atoms with van der Waals surface area (Å²) in [5.74, 6) is 0.0918. The summed E-state index contributed by atoms with van der Waals surface area (Å²) in [7, 11) is 1.92. The van der Waals surface area contributed by atoms with Gasteiger partial charge in [-0.15, -0.1) is 0 Å². The predicted octanol–water partition coefficient (Wildman–Crippen LogP) is 3.60. The first-order chi connectivity index (χ1) is 9.65. The summed E-state index contributed by atoms with van der Waals surface area (Å²) in [5, 5.41) is 10.4. The molecule has 3 rings (SSSR count). The number of aryl methyl sites for hydroxylation is 1. The molecule has 0 saturated carbocycles. The van der Waals surface area contributed by atoms with E-state index in [2.05, 4.69) is 0 Å². The fraction of sp³-hybridized carbons (Fsp3) is 0.125. The number of ether oxygens (including phenoxy) is 1. The van der Waals surface area contributed by atoms with Crippen LogP contribution in [-0.2, 0) is 13.7 Å². The monoisotopic (exact) mass is 271 g/mol. The van der Waals surface area contributed by atoms with Crippen LogP contribution in [0.15, 0.2) is 48.5 Å². The standard InChI is InChI=1S/C16H14FNO2/c1-18-12(8-11-9-13(19)6-7-15(11)18)10-20-16-5-3-2-4-14(16)17/h2-9,19H,10H2,1H3. The molecule has 0 bridgehead atoms. The van der Waals surface area contributed by atoms with Gasteiger partial charge in [-0.2, -0.15) is 0 Å². The maximum absolute atomic E-state index is 13.5. The van der Waals surface area contributed by atoms with E-state index in [1.54, 1.807) is 30.3 Å². The number of fused-ring (bicyclic) bond motifs is 1.